The number of benzene rings is 7. The van der Waals surface area contributed by atoms with Gasteiger partial charge in [0.25, 0.3) is 0 Å². The van der Waals surface area contributed by atoms with Crippen LogP contribution in [0.15, 0.2) is 84.9 Å². The van der Waals surface area contributed by atoms with Gasteiger partial charge in [-0.05, 0) is 177 Å². The van der Waals surface area contributed by atoms with Gasteiger partial charge in [0.05, 0.1) is 0 Å². The normalized spacial score (nSPS) is 12.3. The van der Waals surface area contributed by atoms with Crippen molar-refractivity contribution in [2.75, 3.05) is 0 Å². The lowest BCUT2D eigenvalue weighted by Crippen LogP contribution is -1.97. The first-order chi connectivity index (χ1) is 37.5. The van der Waals surface area contributed by atoms with Crippen molar-refractivity contribution in [3.05, 3.63) is 107 Å². The highest BCUT2D eigenvalue weighted by Crippen LogP contribution is 2.45. The van der Waals surface area contributed by atoms with Gasteiger partial charge in [-0.3, -0.25) is 0 Å². The van der Waals surface area contributed by atoms with Crippen LogP contribution in [0.1, 0.15) is 255 Å². The van der Waals surface area contributed by atoms with Crippen LogP contribution >= 0.6 is 22.7 Å². The highest BCUT2D eigenvalue weighted by atomic mass is 32.1. The standard InChI is InChI=1S/C74H98S2/c1-5-9-13-17-21-25-29-33-37-55-41-59-45-63-49-67-69-53-74-70(54-73(69)75-71(67)51-65(63)47-61(59)43-57(55)39-35-31-27-23-19-15-11-7-3)68-50-64-46-60-42-56(38-34-30-26-22-18-14-10-6-2)58(40-36-32-28-24-20-16-12-8-4)44-62(60)48-66(64)52-72(68)76-74/h41-54H,5-40H2,1-4H3. The van der Waals surface area contributed by atoms with Gasteiger partial charge < -0.3 is 0 Å². The first kappa shape index (κ1) is 56.7. The SMILES string of the molecule is CCCCCCCCCCc1cc2cc3cc4sc5cc6c(cc5c4cc3cc2cc1CCCCCCCCCC)sc1cc2cc3cc(CCCCCCCCCC)c(CCCCCCCCCC)cc3cc2cc16. The Kier molecular flexibility index (Phi) is 22.3. The third-order valence-corrected chi connectivity index (χ3v) is 20.0. The zero-order chi connectivity index (χ0) is 52.3. The Hall–Kier alpha value is -3.98. The third kappa shape index (κ3) is 15.2. The predicted octanol–water partition coefficient (Wildman–Crippen LogP) is 25.8. The van der Waals surface area contributed by atoms with Crippen LogP contribution in [-0.4, -0.2) is 0 Å². The maximum Gasteiger partial charge on any atom is 0.0362 e. The number of hydrogen-bond acceptors (Lipinski definition) is 2. The van der Waals surface area contributed by atoms with Crippen LogP contribution in [0.5, 0.6) is 0 Å². The Morgan fingerprint density at radius 2 is 0.395 bits per heavy atom. The maximum absolute atomic E-state index is 2.60. The number of hydrogen-bond donors (Lipinski definition) is 0. The van der Waals surface area contributed by atoms with Crippen molar-refractivity contribution in [3.63, 3.8) is 0 Å². The van der Waals surface area contributed by atoms with Crippen molar-refractivity contribution in [1.82, 2.24) is 0 Å². The van der Waals surface area contributed by atoms with E-state index in [-0.39, 0.29) is 0 Å². The molecule has 2 heterocycles. The monoisotopic (exact) mass is 1050 g/mol. The minimum absolute atomic E-state index is 1.22. The zero-order valence-corrected chi connectivity index (χ0v) is 50.0. The summed E-state index contributed by atoms with van der Waals surface area (Å²) in [5.41, 5.74) is 6.48. The van der Waals surface area contributed by atoms with Crippen molar-refractivity contribution in [1.29, 1.82) is 0 Å². The van der Waals surface area contributed by atoms with Gasteiger partial charge >= 0.3 is 0 Å². The van der Waals surface area contributed by atoms with E-state index in [0.717, 1.165) is 0 Å². The summed E-state index contributed by atoms with van der Waals surface area (Å²) in [4.78, 5) is 0. The molecule has 2 aromatic heterocycles. The molecule has 0 fully saturated rings. The highest BCUT2D eigenvalue weighted by molar-refractivity contribution is 7.27. The van der Waals surface area contributed by atoms with Crippen molar-refractivity contribution in [2.45, 2.75) is 259 Å². The minimum atomic E-state index is 1.22. The molecule has 0 bridgehead atoms. The summed E-state index contributed by atoms with van der Waals surface area (Å²) in [6.07, 6.45) is 49.1. The molecule has 0 aliphatic heterocycles. The predicted molar refractivity (Wildman–Crippen MR) is 348 cm³/mol. The summed E-state index contributed by atoms with van der Waals surface area (Å²) >= 11 is 3.99. The summed E-state index contributed by atoms with van der Waals surface area (Å²) in [5.74, 6) is 0. The van der Waals surface area contributed by atoms with E-state index >= 15 is 0 Å². The molecule has 0 atom stereocenters. The molecule has 0 amide bonds. The number of aryl methyl sites for hydroxylation is 4. The maximum atomic E-state index is 2.60. The van der Waals surface area contributed by atoms with Crippen molar-refractivity contribution < 1.29 is 0 Å². The van der Waals surface area contributed by atoms with E-state index in [4.69, 9.17) is 0 Å². The first-order valence-electron chi connectivity index (χ1n) is 32.1. The van der Waals surface area contributed by atoms with Crippen molar-refractivity contribution in [3.8, 4) is 0 Å². The van der Waals surface area contributed by atoms with Gasteiger partial charge in [0, 0.05) is 40.3 Å². The van der Waals surface area contributed by atoms with Crippen molar-refractivity contribution >= 4 is 106 Å². The fraction of sp³-hybridized carbons (Fsp3) is 0.541. The van der Waals surface area contributed by atoms with Gasteiger partial charge in [-0.25, -0.2) is 0 Å². The zero-order valence-electron chi connectivity index (χ0n) is 48.4. The first-order valence-corrected chi connectivity index (χ1v) is 33.8. The smallest absolute Gasteiger partial charge is 0.0362 e. The topological polar surface area (TPSA) is 0 Å². The van der Waals surface area contributed by atoms with Gasteiger partial charge in [0.2, 0.25) is 0 Å². The molecule has 406 valence electrons. The number of thiophene rings is 2. The Labute approximate surface area is 469 Å². The van der Waals surface area contributed by atoms with Crippen LogP contribution in [0.3, 0.4) is 0 Å². The van der Waals surface area contributed by atoms with Crippen LogP contribution in [0.25, 0.3) is 83.4 Å². The molecular weight excluding hydrogens is 953 g/mol. The molecule has 0 radical (unpaired) electrons. The molecule has 9 aromatic rings. The second kappa shape index (κ2) is 29.8. The van der Waals surface area contributed by atoms with E-state index in [1.54, 1.807) is 22.3 Å². The molecular formula is C74H98S2. The largest absolute Gasteiger partial charge is 0.135 e. The van der Waals surface area contributed by atoms with Crippen molar-refractivity contribution in [2.24, 2.45) is 0 Å². The van der Waals surface area contributed by atoms with Gasteiger partial charge in [-0.15, -0.1) is 22.7 Å². The van der Waals surface area contributed by atoms with Gasteiger partial charge in [0.1, 0.15) is 0 Å². The van der Waals surface area contributed by atoms with E-state index in [0.29, 0.717) is 0 Å². The average Bonchev–Trinajstić information content (AvgIpc) is 4.09. The Morgan fingerprint density at radius 3 is 0.658 bits per heavy atom. The summed E-state index contributed by atoms with van der Waals surface area (Å²) in [7, 11) is 0. The molecule has 0 saturated carbocycles. The minimum Gasteiger partial charge on any atom is -0.135 e. The third-order valence-electron chi connectivity index (χ3n) is 17.7. The molecule has 76 heavy (non-hydrogen) atoms. The van der Waals surface area contributed by atoms with E-state index in [1.165, 1.54) is 315 Å². The Morgan fingerprint density at radius 1 is 0.197 bits per heavy atom. The summed E-state index contributed by atoms with van der Waals surface area (Å²) in [6, 6.07) is 35.7. The van der Waals surface area contributed by atoms with Gasteiger partial charge in [0.15, 0.2) is 0 Å². The van der Waals surface area contributed by atoms with E-state index in [2.05, 4.69) is 113 Å². The summed E-state index contributed by atoms with van der Waals surface area (Å²) in [6.45, 7) is 9.29. The van der Waals surface area contributed by atoms with Crippen LogP contribution < -0.4 is 0 Å². The van der Waals surface area contributed by atoms with Gasteiger partial charge in [-0.2, -0.15) is 0 Å². The molecule has 0 saturated heterocycles. The molecule has 9 rings (SSSR count). The lowest BCUT2D eigenvalue weighted by molar-refractivity contribution is 0.571. The quantitative estimate of drug-likeness (QED) is 0.0271. The molecule has 0 aliphatic rings. The number of fused-ring (bicyclic) bond motifs is 10. The molecule has 7 aromatic carbocycles. The van der Waals surface area contributed by atoms with Crippen LogP contribution in [0.4, 0.5) is 0 Å². The fourth-order valence-corrected chi connectivity index (χ4v) is 15.4. The molecule has 0 spiro atoms. The molecule has 0 unspecified atom stereocenters. The van der Waals surface area contributed by atoms with Crippen LogP contribution in [0.2, 0.25) is 0 Å². The average molecular weight is 1050 g/mol. The van der Waals surface area contributed by atoms with E-state index in [9.17, 15) is 0 Å². The summed E-state index contributed by atoms with van der Waals surface area (Å²) < 4.78 is 5.65. The summed E-state index contributed by atoms with van der Waals surface area (Å²) in [5, 5.41) is 16.9. The molecule has 0 aliphatic carbocycles. The fourth-order valence-electron chi connectivity index (χ4n) is 13.1. The van der Waals surface area contributed by atoms with E-state index < -0.39 is 0 Å². The second-order valence-corrected chi connectivity index (χ2v) is 26.1. The molecule has 0 N–H and O–H groups in total. The molecule has 2 heteroatoms. The number of unbranched alkanes of at least 4 members (excludes halogenated alkanes) is 28. The lowest BCUT2D eigenvalue weighted by atomic mass is 9.91. The Bertz CT molecular complexity index is 3010. The Balaban J connectivity index is 0.968. The molecule has 0 nitrogen and oxygen atoms in total. The van der Waals surface area contributed by atoms with E-state index in [1.807, 2.05) is 22.7 Å². The second-order valence-electron chi connectivity index (χ2n) is 24.0. The highest BCUT2D eigenvalue weighted by Gasteiger charge is 2.16. The van der Waals surface area contributed by atoms with Crippen LogP contribution in [-0.2, 0) is 25.7 Å². The van der Waals surface area contributed by atoms with Crippen LogP contribution in [0, 0.1) is 0 Å². The number of rotatable bonds is 36. The lowest BCUT2D eigenvalue weighted by Gasteiger charge is -2.13. The van der Waals surface area contributed by atoms with Gasteiger partial charge in [-0.1, -0.05) is 232 Å².